The maximum absolute atomic E-state index is 5.35. The van der Waals surface area contributed by atoms with Crippen molar-refractivity contribution in [2.24, 2.45) is 0 Å². The third-order valence-corrected chi connectivity index (χ3v) is 2.90. The normalized spacial score (nSPS) is 13.1. The fraction of sp³-hybridized carbons (Fsp3) is 0.250. The molecule has 0 amide bonds. The Bertz CT molecular complexity index is 502. The van der Waals surface area contributed by atoms with Crippen LogP contribution in [0.5, 0.6) is 5.75 Å². The van der Waals surface area contributed by atoms with E-state index in [2.05, 4.69) is 11.2 Å². The number of aromatic nitrogens is 1. The molecule has 0 radical (unpaired) electrons. The van der Waals surface area contributed by atoms with Gasteiger partial charge in [-0.1, -0.05) is 17.3 Å². The second kappa shape index (κ2) is 3.12. The molecule has 0 atom stereocenters. The third-order valence-electron chi connectivity index (χ3n) is 2.90. The van der Waals surface area contributed by atoms with E-state index in [1.807, 2.05) is 12.1 Å². The van der Waals surface area contributed by atoms with E-state index in [1.165, 1.54) is 16.7 Å². The fourth-order valence-corrected chi connectivity index (χ4v) is 2.11. The van der Waals surface area contributed by atoms with Gasteiger partial charge in [0, 0.05) is 24.0 Å². The average molecular weight is 201 g/mol. The Kier molecular flexibility index (Phi) is 1.78. The number of hydrogen-bond acceptors (Lipinski definition) is 3. The Morgan fingerprint density at radius 3 is 3.07 bits per heavy atom. The van der Waals surface area contributed by atoms with Gasteiger partial charge in [0.1, 0.15) is 11.5 Å². The van der Waals surface area contributed by atoms with Crippen molar-refractivity contribution in [3.63, 3.8) is 0 Å². The number of ether oxygens (including phenoxy) is 1. The number of fused-ring (bicyclic) bond motifs is 2. The molecule has 1 aliphatic rings. The Morgan fingerprint density at radius 1 is 1.27 bits per heavy atom. The molecule has 0 spiro atoms. The number of methoxy groups -OCH3 is 1. The van der Waals surface area contributed by atoms with E-state index in [9.17, 15) is 0 Å². The number of nitrogens with zero attached hydrogens (tertiary/aromatic N) is 1. The summed E-state index contributed by atoms with van der Waals surface area (Å²) < 4.78 is 10.5. The van der Waals surface area contributed by atoms with Gasteiger partial charge in [-0.25, -0.2) is 0 Å². The van der Waals surface area contributed by atoms with Gasteiger partial charge in [0.05, 0.1) is 13.3 Å². The Hall–Kier alpha value is -1.77. The zero-order valence-corrected chi connectivity index (χ0v) is 8.49. The molecule has 1 heterocycles. The quantitative estimate of drug-likeness (QED) is 0.605. The summed E-state index contributed by atoms with van der Waals surface area (Å²) >= 11 is 0. The molecule has 0 unspecified atom stereocenters. The summed E-state index contributed by atoms with van der Waals surface area (Å²) in [5.74, 6) is 1.94. The fourth-order valence-electron chi connectivity index (χ4n) is 2.11. The second-order valence-corrected chi connectivity index (χ2v) is 3.73. The summed E-state index contributed by atoms with van der Waals surface area (Å²) in [5.41, 5.74) is 3.71. The minimum absolute atomic E-state index is 0.821. The molecule has 1 aromatic heterocycles. The van der Waals surface area contributed by atoms with Crippen molar-refractivity contribution < 1.29 is 9.26 Å². The summed E-state index contributed by atoms with van der Waals surface area (Å²) in [4.78, 5) is 0. The van der Waals surface area contributed by atoms with Gasteiger partial charge in [0.25, 0.3) is 0 Å². The highest BCUT2D eigenvalue weighted by Gasteiger charge is 2.21. The first-order valence-electron chi connectivity index (χ1n) is 4.95. The summed E-state index contributed by atoms with van der Waals surface area (Å²) in [6.07, 6.45) is 3.48. The second-order valence-electron chi connectivity index (χ2n) is 3.73. The van der Waals surface area contributed by atoms with Crippen molar-refractivity contribution >= 4 is 0 Å². The third kappa shape index (κ3) is 1.23. The lowest BCUT2D eigenvalue weighted by Gasteiger charge is -2.17. The molecule has 3 rings (SSSR count). The molecule has 15 heavy (non-hydrogen) atoms. The summed E-state index contributed by atoms with van der Waals surface area (Å²) in [5, 5.41) is 3.83. The van der Waals surface area contributed by atoms with Crippen LogP contribution < -0.4 is 4.74 Å². The van der Waals surface area contributed by atoms with Crippen LogP contribution in [0.25, 0.3) is 0 Å². The molecule has 3 nitrogen and oxygen atoms in total. The maximum Gasteiger partial charge on any atom is 0.144 e. The highest BCUT2D eigenvalue weighted by molar-refractivity contribution is 5.48. The van der Waals surface area contributed by atoms with Crippen molar-refractivity contribution in [2.75, 3.05) is 7.11 Å². The molecule has 76 valence electrons. The highest BCUT2D eigenvalue weighted by atomic mass is 16.5. The molecule has 2 aromatic rings. The molecule has 1 aliphatic carbocycles. The van der Waals surface area contributed by atoms with E-state index >= 15 is 0 Å². The maximum atomic E-state index is 5.35. The number of rotatable bonds is 1. The van der Waals surface area contributed by atoms with Crippen LogP contribution in [0.1, 0.15) is 22.5 Å². The van der Waals surface area contributed by atoms with Crippen LogP contribution >= 0.6 is 0 Å². The van der Waals surface area contributed by atoms with Crippen molar-refractivity contribution in [3.8, 4) is 5.75 Å². The highest BCUT2D eigenvalue weighted by Crippen LogP contribution is 2.32. The van der Waals surface area contributed by atoms with E-state index in [0.29, 0.717) is 0 Å². The van der Waals surface area contributed by atoms with Gasteiger partial charge < -0.3 is 9.26 Å². The molecular weight excluding hydrogens is 190 g/mol. The lowest BCUT2D eigenvalue weighted by Crippen LogP contribution is -2.06. The minimum atomic E-state index is 0.821. The van der Waals surface area contributed by atoms with Crippen LogP contribution in [0.4, 0.5) is 0 Å². The molecule has 0 saturated heterocycles. The first-order chi connectivity index (χ1) is 7.38. The van der Waals surface area contributed by atoms with E-state index in [4.69, 9.17) is 9.26 Å². The molecule has 0 bridgehead atoms. The molecule has 3 heteroatoms. The monoisotopic (exact) mass is 201 g/mol. The molecule has 0 aliphatic heterocycles. The smallest absolute Gasteiger partial charge is 0.144 e. The van der Waals surface area contributed by atoms with Crippen molar-refractivity contribution in [3.05, 3.63) is 46.8 Å². The van der Waals surface area contributed by atoms with Gasteiger partial charge >= 0.3 is 0 Å². The van der Waals surface area contributed by atoms with E-state index in [0.717, 1.165) is 24.4 Å². The van der Waals surface area contributed by atoms with Gasteiger partial charge in [0.15, 0.2) is 0 Å². The molecule has 1 aromatic carbocycles. The molecule has 0 fully saturated rings. The first-order valence-corrected chi connectivity index (χ1v) is 4.95. The predicted octanol–water partition coefficient (Wildman–Crippen LogP) is 2.18. The lowest BCUT2D eigenvalue weighted by atomic mass is 9.90. The van der Waals surface area contributed by atoms with Gasteiger partial charge in [-0.05, 0) is 11.6 Å². The lowest BCUT2D eigenvalue weighted by molar-refractivity contribution is 0.384. The van der Waals surface area contributed by atoms with E-state index in [-0.39, 0.29) is 0 Å². The first kappa shape index (κ1) is 8.53. The van der Waals surface area contributed by atoms with Crippen molar-refractivity contribution in [1.82, 2.24) is 5.16 Å². The van der Waals surface area contributed by atoms with Crippen molar-refractivity contribution in [1.29, 1.82) is 0 Å². The van der Waals surface area contributed by atoms with Crippen LogP contribution in [0.15, 0.2) is 28.9 Å². The van der Waals surface area contributed by atoms with Gasteiger partial charge in [-0.3, -0.25) is 0 Å². The van der Waals surface area contributed by atoms with Crippen LogP contribution in [-0.2, 0) is 12.8 Å². The number of benzene rings is 1. The summed E-state index contributed by atoms with van der Waals surface area (Å²) in [6, 6.07) is 6.12. The Balaban J connectivity index is 2.13. The standard InChI is InChI=1S/C12H11NO2/c1-14-11-4-2-3-8-6-12-9(5-10(8)11)7-13-15-12/h2-4,7H,5-6H2,1H3. The Labute approximate surface area is 87.7 Å². The zero-order valence-electron chi connectivity index (χ0n) is 8.49. The van der Waals surface area contributed by atoms with Crippen LogP contribution in [0.2, 0.25) is 0 Å². The van der Waals surface area contributed by atoms with Gasteiger partial charge in [-0.2, -0.15) is 0 Å². The topological polar surface area (TPSA) is 35.3 Å². The zero-order chi connectivity index (χ0) is 10.3. The SMILES string of the molecule is COc1cccc2c1Cc1cnoc1C2. The minimum Gasteiger partial charge on any atom is -0.496 e. The van der Waals surface area contributed by atoms with Crippen molar-refractivity contribution in [2.45, 2.75) is 12.8 Å². The largest absolute Gasteiger partial charge is 0.496 e. The summed E-state index contributed by atoms with van der Waals surface area (Å²) in [6.45, 7) is 0. The Morgan fingerprint density at radius 2 is 2.20 bits per heavy atom. The molecule has 0 N–H and O–H groups in total. The van der Waals surface area contributed by atoms with E-state index < -0.39 is 0 Å². The van der Waals surface area contributed by atoms with Crippen LogP contribution in [0, 0.1) is 0 Å². The van der Waals surface area contributed by atoms with E-state index in [1.54, 1.807) is 13.3 Å². The van der Waals surface area contributed by atoms with Crippen LogP contribution in [0.3, 0.4) is 0 Å². The summed E-state index contributed by atoms with van der Waals surface area (Å²) in [7, 11) is 1.71. The van der Waals surface area contributed by atoms with Gasteiger partial charge in [0.2, 0.25) is 0 Å². The number of hydrogen-bond donors (Lipinski definition) is 0. The van der Waals surface area contributed by atoms with Crippen LogP contribution in [-0.4, -0.2) is 12.3 Å². The molecular formula is C12H11NO2. The molecule has 0 saturated carbocycles. The van der Waals surface area contributed by atoms with Gasteiger partial charge in [-0.15, -0.1) is 0 Å². The average Bonchev–Trinajstić information content (AvgIpc) is 2.72. The predicted molar refractivity (Wildman–Crippen MR) is 55.1 cm³/mol.